The maximum atomic E-state index is 11.9. The minimum Gasteiger partial charge on any atom is -0.468 e. The van der Waals surface area contributed by atoms with Crippen molar-refractivity contribution < 1.29 is 58.4 Å². The molecule has 0 atom stereocenters. The monoisotopic (exact) mass is 863 g/mol. The number of nitrogen functional groups attached to an aromatic ring is 1. The van der Waals surface area contributed by atoms with Crippen LogP contribution >= 0.6 is 24.6 Å². The maximum Gasteiger partial charge on any atom is 0.451 e. The summed E-state index contributed by atoms with van der Waals surface area (Å²) < 4.78 is 20.0. The molecule has 0 amide bonds. The number of nitrogens with two attached hydrogens (primary N) is 1. The molecule has 21 nitrogen and oxygen atoms in total. The lowest BCUT2D eigenvalue weighted by Gasteiger charge is -2.44. The molecule has 2 aromatic rings. The highest BCUT2D eigenvalue weighted by molar-refractivity contribution is 7.80. The summed E-state index contributed by atoms with van der Waals surface area (Å²) in [7, 11) is 0.423. The molecule has 2 fully saturated rings. The van der Waals surface area contributed by atoms with E-state index in [-0.39, 0.29) is 74.5 Å². The first-order valence-electron chi connectivity index (χ1n) is 18.0. The minimum absolute atomic E-state index is 0. The molecule has 0 unspecified atom stereocenters. The Bertz CT molecular complexity index is 1640. The third-order valence-corrected chi connectivity index (χ3v) is 8.24. The van der Waals surface area contributed by atoms with Gasteiger partial charge >= 0.3 is 47.3 Å². The van der Waals surface area contributed by atoms with Crippen molar-refractivity contribution in [2.24, 2.45) is 4.99 Å². The summed E-state index contributed by atoms with van der Waals surface area (Å²) in [6.07, 6.45) is -0.995. The van der Waals surface area contributed by atoms with Gasteiger partial charge in [-0.3, -0.25) is 4.79 Å². The highest BCUT2D eigenvalue weighted by Gasteiger charge is 2.39. The van der Waals surface area contributed by atoms with Crippen molar-refractivity contribution in [1.82, 2.24) is 35.4 Å². The number of rotatable bonds is 12. The number of nitrogens with zero attached hydrogens (tertiary/aromatic N) is 7. The zero-order chi connectivity index (χ0) is 43.0. The number of hydrogen-bond donors (Lipinski definition) is 7. The highest BCUT2D eigenvalue weighted by Crippen LogP contribution is 2.20. The van der Waals surface area contributed by atoms with E-state index < -0.39 is 65.3 Å². The van der Waals surface area contributed by atoms with Gasteiger partial charge in [-0.2, -0.15) is 4.99 Å². The van der Waals surface area contributed by atoms with Gasteiger partial charge in [-0.25, -0.2) is 19.6 Å². The normalized spacial score (nSPS) is 14.7. The number of halogens is 1. The van der Waals surface area contributed by atoms with Crippen molar-refractivity contribution in [3.05, 3.63) is 47.8 Å². The van der Waals surface area contributed by atoms with Crippen LogP contribution in [0.2, 0.25) is 34.1 Å². The van der Waals surface area contributed by atoms with Crippen LogP contribution in [0.3, 0.4) is 0 Å². The van der Waals surface area contributed by atoms with E-state index in [4.69, 9.17) is 44.7 Å². The number of carbonyl (C=O) groups is 3. The Morgan fingerprint density at radius 3 is 1.59 bits per heavy atom. The van der Waals surface area contributed by atoms with Crippen LogP contribution in [0.4, 0.5) is 16.4 Å². The fourth-order valence-corrected chi connectivity index (χ4v) is 5.77. The number of thiocarbonyl (C=S) groups is 1. The van der Waals surface area contributed by atoms with E-state index in [0.29, 0.717) is 17.5 Å². The third-order valence-electron chi connectivity index (χ3n) is 7.77. The molecule has 10 N–H and O–H groups in total. The van der Waals surface area contributed by atoms with Gasteiger partial charge in [0.25, 0.3) is 0 Å². The van der Waals surface area contributed by atoms with Crippen LogP contribution in [0.15, 0.2) is 41.4 Å². The van der Waals surface area contributed by atoms with Crippen molar-refractivity contribution in [1.29, 1.82) is 0 Å². The van der Waals surface area contributed by atoms with Gasteiger partial charge in [-0.1, -0.05) is 12.1 Å². The summed E-state index contributed by atoms with van der Waals surface area (Å²) in [5.41, 5.74) is 5.73. The lowest BCUT2D eigenvalue weighted by molar-refractivity contribution is 0.0510. The van der Waals surface area contributed by atoms with Gasteiger partial charge in [0.15, 0.2) is 28.3 Å². The first kappa shape index (κ1) is 54.9. The van der Waals surface area contributed by atoms with Crippen LogP contribution < -0.4 is 11.9 Å². The number of anilines is 1. The fourth-order valence-electron chi connectivity index (χ4n) is 5.32. The number of esters is 2. The largest absolute Gasteiger partial charge is 0.468 e. The molecule has 0 aliphatic carbocycles. The molecule has 0 bridgehead atoms. The molecule has 2 aliphatic heterocycles. The second kappa shape index (κ2) is 26.9. The van der Waals surface area contributed by atoms with Crippen molar-refractivity contribution in [2.75, 3.05) is 45.1 Å². The number of pyridine rings is 2. The van der Waals surface area contributed by atoms with Gasteiger partial charge in [0.1, 0.15) is 11.9 Å². The lowest BCUT2D eigenvalue weighted by Crippen LogP contribution is -2.64. The molecule has 0 saturated carbocycles. The quantitative estimate of drug-likeness (QED) is 0.0628. The van der Waals surface area contributed by atoms with E-state index >= 15 is 0 Å². The molecule has 4 heterocycles. The summed E-state index contributed by atoms with van der Waals surface area (Å²) in [6, 6.07) is 9.59. The van der Waals surface area contributed by atoms with Crippen LogP contribution in [0.1, 0.15) is 34.8 Å². The Morgan fingerprint density at radius 1 is 0.780 bits per heavy atom. The predicted molar refractivity (Wildman–Crippen MR) is 234 cm³/mol. The van der Waals surface area contributed by atoms with E-state index in [1.54, 1.807) is 71.5 Å². The number of aliphatic imine (C=N–C) groups is 1. The van der Waals surface area contributed by atoms with Crippen LogP contribution in [-0.2, 0) is 18.9 Å². The highest BCUT2D eigenvalue weighted by atomic mass is 35.5. The molecule has 2 saturated heterocycles. The SMILES string of the molecule is CCOC(=O)c1cccc(N)n1.CCOC(=O)c1cccc(N=C2N(B(C)O)CC(OB(C)O)CN2B(C)O)n1.Cl.N.[B]C(=O)OC1CN(B(C)O)C(=S)N(B(C)O)C1. The Morgan fingerprint density at radius 2 is 1.20 bits per heavy atom. The molecule has 0 aromatic carbocycles. The number of ether oxygens (including phenoxy) is 3. The standard InChI is InChI=1S/C15H25B3N4O6.C8H10N2O2.C7H13B3N2O4S.ClH.H3N/c1-5-27-14(23)12-7-6-8-13(19-12)20-15-21(16(2)24)9-11(28-18(4)26)10-22(15)17(3)25;1-2-12-8(11)6-4-3-5-7(9)10-6;1-9(14)11-3-5(16-6(8)13)4-12(7(11)17)10(2)15;;/h6-8,11,24-26H,5,9-10H2,1-4H3;3-5H,2H2,1H3,(H2,9,10);5,14-15H,3-4H2,1-2H3;1H;1H3. The number of carbonyl (C=O) groups excluding carboxylic acids is 3. The van der Waals surface area contributed by atoms with Crippen LogP contribution in [-0.4, -0.2) is 178 Å². The number of guanidine groups is 1. The summed E-state index contributed by atoms with van der Waals surface area (Å²) in [5.74, 6) is -1.06. The summed E-state index contributed by atoms with van der Waals surface area (Å²) in [5, 5.41) is 49.4. The molecule has 29 heteroatoms. The fraction of sp³-hybridized carbons (Fsp3) is 0.500. The molecule has 2 radical (unpaired) electrons. The average molecular weight is 863 g/mol. The molecule has 320 valence electrons. The van der Waals surface area contributed by atoms with Gasteiger partial charge in [0.2, 0.25) is 13.7 Å². The van der Waals surface area contributed by atoms with Gasteiger partial charge in [-0.15, -0.1) is 12.4 Å². The maximum absolute atomic E-state index is 11.9. The van der Waals surface area contributed by atoms with E-state index in [2.05, 4.69) is 15.0 Å². The molecule has 2 aliphatic rings. The van der Waals surface area contributed by atoms with E-state index in [1.807, 2.05) is 0 Å². The minimum atomic E-state index is -0.988. The Balaban J connectivity index is 0.000000925. The molecular weight excluding hydrogens is 811 g/mol. The summed E-state index contributed by atoms with van der Waals surface area (Å²) in [6.45, 7) is 12.7. The second-order valence-electron chi connectivity index (χ2n) is 12.5. The molecular formula is C30H52B6ClN9O12S. The molecule has 4 rings (SSSR count). The third kappa shape index (κ3) is 17.9. The van der Waals surface area contributed by atoms with Crippen LogP contribution in [0.25, 0.3) is 0 Å². The molecule has 2 aromatic heterocycles. The Hall–Kier alpha value is -4.13. The summed E-state index contributed by atoms with van der Waals surface area (Å²) in [4.78, 5) is 52.1. The van der Waals surface area contributed by atoms with E-state index in [1.165, 1.54) is 32.1 Å². The first-order chi connectivity index (χ1) is 26.8. The van der Waals surface area contributed by atoms with E-state index in [0.717, 1.165) is 0 Å². The van der Waals surface area contributed by atoms with E-state index in [9.17, 15) is 39.5 Å². The van der Waals surface area contributed by atoms with Gasteiger partial charge in [-0.05, 0) is 84.4 Å². The van der Waals surface area contributed by atoms with Gasteiger partial charge in [0.05, 0.1) is 19.3 Å². The van der Waals surface area contributed by atoms with Crippen molar-refractivity contribution in [3.63, 3.8) is 0 Å². The summed E-state index contributed by atoms with van der Waals surface area (Å²) >= 11 is 5.13. The zero-order valence-electron chi connectivity index (χ0n) is 34.2. The number of hydrogen-bond acceptors (Lipinski definition) is 18. The topological polar surface area (TPSA) is 301 Å². The predicted octanol–water partition coefficient (Wildman–Crippen LogP) is -0.213. The van der Waals surface area contributed by atoms with Crippen molar-refractivity contribution >= 4 is 108 Å². The van der Waals surface area contributed by atoms with Crippen LogP contribution in [0, 0.1) is 0 Å². The van der Waals surface area contributed by atoms with Gasteiger partial charge in [0, 0.05) is 26.2 Å². The van der Waals surface area contributed by atoms with Gasteiger partial charge < -0.3 is 75.1 Å². The second-order valence-corrected chi connectivity index (χ2v) is 12.9. The van der Waals surface area contributed by atoms with Crippen LogP contribution in [0.5, 0.6) is 0 Å². The smallest absolute Gasteiger partial charge is 0.451 e. The molecule has 59 heavy (non-hydrogen) atoms. The first-order valence-corrected chi connectivity index (χ1v) is 18.4. The Labute approximate surface area is 359 Å². The lowest BCUT2D eigenvalue weighted by atomic mass is 9.79. The van der Waals surface area contributed by atoms with Crippen molar-refractivity contribution in [3.8, 4) is 0 Å². The average Bonchev–Trinajstić information content (AvgIpc) is 3.12. The molecule has 0 spiro atoms. The van der Waals surface area contributed by atoms with Crippen molar-refractivity contribution in [2.45, 2.75) is 60.2 Å². The Kier molecular flexibility index (Phi) is 25.0. The number of aromatic nitrogens is 2. The zero-order valence-corrected chi connectivity index (χ0v) is 35.8.